The fourth-order valence-corrected chi connectivity index (χ4v) is 3.82. The number of hydrogen-bond acceptors (Lipinski definition) is 2. The predicted molar refractivity (Wildman–Crippen MR) is 91.4 cm³/mol. The summed E-state index contributed by atoms with van der Waals surface area (Å²) in [6.07, 6.45) is 3.36. The minimum Gasteiger partial charge on any atom is -0.550 e. The summed E-state index contributed by atoms with van der Waals surface area (Å²) in [4.78, 5) is 14.8. The van der Waals surface area contributed by atoms with E-state index in [2.05, 4.69) is 23.2 Å². The average molecular weight is 317 g/mol. The molecule has 0 saturated carbocycles. The van der Waals surface area contributed by atoms with Crippen molar-refractivity contribution >= 4 is 16.9 Å². The third-order valence-corrected chi connectivity index (χ3v) is 5.05. The van der Waals surface area contributed by atoms with Crippen LogP contribution >= 0.6 is 0 Å². The molecule has 1 aliphatic carbocycles. The third kappa shape index (κ3) is 2.46. The van der Waals surface area contributed by atoms with Gasteiger partial charge in [0, 0.05) is 35.0 Å². The number of carboxylic acids is 1. The lowest BCUT2D eigenvalue weighted by Crippen LogP contribution is -2.27. The summed E-state index contributed by atoms with van der Waals surface area (Å²) >= 11 is 0. The molecule has 0 aliphatic heterocycles. The molecule has 4 rings (SSSR count). The zero-order valence-corrected chi connectivity index (χ0v) is 13.7. The normalized spacial score (nSPS) is 13.2. The van der Waals surface area contributed by atoms with Crippen molar-refractivity contribution in [2.24, 2.45) is 0 Å². The molecular weight excluding hydrogens is 298 g/mol. The highest BCUT2D eigenvalue weighted by Gasteiger charge is 2.21. The molecule has 0 unspecified atom stereocenters. The fraction of sp³-hybridized carbons (Fsp3) is 0.238. The average Bonchev–Trinajstić information content (AvgIpc) is 3.04. The second-order valence-electron chi connectivity index (χ2n) is 6.53. The number of aromatic nitrogens is 1. The first-order chi connectivity index (χ1) is 11.6. The largest absolute Gasteiger partial charge is 0.550 e. The Hall–Kier alpha value is -2.68. The number of benzene rings is 2. The summed E-state index contributed by atoms with van der Waals surface area (Å²) in [5.74, 6) is -1.05. The van der Waals surface area contributed by atoms with Gasteiger partial charge in [-0.15, -0.1) is 0 Å². The van der Waals surface area contributed by atoms with Gasteiger partial charge < -0.3 is 9.90 Å². The van der Waals surface area contributed by atoms with Crippen molar-refractivity contribution < 1.29 is 14.9 Å². The quantitative estimate of drug-likeness (QED) is 0.745. The van der Waals surface area contributed by atoms with Crippen LogP contribution in [0.4, 0.5) is 0 Å². The molecule has 0 radical (unpaired) electrons. The van der Waals surface area contributed by atoms with E-state index in [1.54, 1.807) is 0 Å². The van der Waals surface area contributed by atoms with Crippen LogP contribution in [0.5, 0.6) is 0 Å². The molecule has 0 bridgehead atoms. The lowest BCUT2D eigenvalue weighted by molar-refractivity contribution is -0.332. The van der Waals surface area contributed by atoms with Crippen LogP contribution in [0.2, 0.25) is 0 Å². The van der Waals surface area contributed by atoms with Crippen molar-refractivity contribution in [1.29, 1.82) is 0 Å². The van der Waals surface area contributed by atoms with Gasteiger partial charge >= 0.3 is 0 Å². The number of aliphatic carboxylic acids is 1. The maximum Gasteiger partial charge on any atom is 0.215 e. The van der Waals surface area contributed by atoms with E-state index in [9.17, 15) is 9.90 Å². The molecule has 24 heavy (non-hydrogen) atoms. The molecule has 0 atom stereocenters. The second-order valence-corrected chi connectivity index (χ2v) is 6.53. The van der Waals surface area contributed by atoms with Gasteiger partial charge in [-0.3, -0.25) is 0 Å². The SMILES string of the molecule is Cc1c(CC(=O)[O-])c(-c2ccc3c(c2)CCC3)[nH+]c2ccccc12. The summed E-state index contributed by atoms with van der Waals surface area (Å²) in [5.41, 5.74) is 7.58. The van der Waals surface area contributed by atoms with Crippen molar-refractivity contribution in [3.8, 4) is 11.3 Å². The van der Waals surface area contributed by atoms with E-state index >= 15 is 0 Å². The smallest absolute Gasteiger partial charge is 0.215 e. The van der Waals surface area contributed by atoms with Crippen LogP contribution in [0.25, 0.3) is 22.2 Å². The van der Waals surface area contributed by atoms with Crippen LogP contribution in [0.15, 0.2) is 42.5 Å². The molecule has 3 nitrogen and oxygen atoms in total. The first-order valence-corrected chi connectivity index (χ1v) is 8.39. The number of carbonyl (C=O) groups excluding carboxylic acids is 1. The van der Waals surface area contributed by atoms with Crippen LogP contribution in [-0.4, -0.2) is 5.97 Å². The van der Waals surface area contributed by atoms with Gasteiger partial charge in [0.2, 0.25) is 11.2 Å². The lowest BCUT2D eigenvalue weighted by Gasteiger charge is -2.12. The van der Waals surface area contributed by atoms with Gasteiger partial charge in [-0.1, -0.05) is 18.2 Å². The molecule has 1 aromatic heterocycles. The molecule has 0 amide bonds. The van der Waals surface area contributed by atoms with Crippen molar-refractivity contribution in [3.05, 3.63) is 64.7 Å². The Balaban J connectivity index is 1.97. The van der Waals surface area contributed by atoms with E-state index in [0.29, 0.717) is 0 Å². The second kappa shape index (κ2) is 5.75. The van der Waals surface area contributed by atoms with Gasteiger partial charge in [0.05, 0.1) is 0 Å². The predicted octanol–water partition coefficient (Wildman–Crippen LogP) is 2.41. The van der Waals surface area contributed by atoms with Crippen LogP contribution in [-0.2, 0) is 24.1 Å². The van der Waals surface area contributed by atoms with Crippen LogP contribution in [0.1, 0.15) is 28.7 Å². The highest BCUT2D eigenvalue weighted by Crippen LogP contribution is 2.31. The molecule has 0 saturated heterocycles. The van der Waals surface area contributed by atoms with Crippen LogP contribution in [0, 0.1) is 6.92 Å². The van der Waals surface area contributed by atoms with Crippen molar-refractivity contribution in [3.63, 3.8) is 0 Å². The first kappa shape index (κ1) is 14.9. The Labute approximate surface area is 141 Å². The number of nitrogens with one attached hydrogen (secondary N) is 1. The Morgan fingerprint density at radius 3 is 2.75 bits per heavy atom. The van der Waals surface area contributed by atoms with Gasteiger partial charge in [-0.25, -0.2) is 4.98 Å². The number of rotatable bonds is 3. The summed E-state index contributed by atoms with van der Waals surface area (Å²) in [5, 5.41) is 12.4. The number of para-hydroxylation sites is 1. The highest BCUT2D eigenvalue weighted by atomic mass is 16.4. The summed E-state index contributed by atoms with van der Waals surface area (Å²) in [6, 6.07) is 14.5. The number of aromatic amines is 1. The molecule has 0 spiro atoms. The monoisotopic (exact) mass is 317 g/mol. The molecule has 0 fully saturated rings. The zero-order valence-electron chi connectivity index (χ0n) is 13.7. The maximum atomic E-state index is 11.3. The van der Waals surface area contributed by atoms with Gasteiger partial charge in [-0.2, -0.15) is 0 Å². The van der Waals surface area contributed by atoms with E-state index in [-0.39, 0.29) is 6.42 Å². The van der Waals surface area contributed by atoms with Crippen LogP contribution < -0.4 is 10.1 Å². The van der Waals surface area contributed by atoms with Gasteiger partial charge in [-0.05, 0) is 61.1 Å². The van der Waals surface area contributed by atoms with E-state index in [1.165, 1.54) is 17.5 Å². The maximum absolute atomic E-state index is 11.3. The molecule has 1 heterocycles. The Morgan fingerprint density at radius 2 is 1.92 bits per heavy atom. The lowest BCUT2D eigenvalue weighted by atomic mass is 9.94. The highest BCUT2D eigenvalue weighted by molar-refractivity contribution is 5.85. The molecule has 120 valence electrons. The number of carboxylic acid groups (broad SMARTS) is 1. The standard InChI is InChI=1S/C21H19NO2/c1-13-17-7-2-3-8-19(17)22-21(18(13)12-20(23)24)16-10-9-14-5-4-6-15(14)11-16/h2-3,7-11H,4-6,12H2,1H3,(H,23,24). The number of H-pyrrole nitrogens is 1. The van der Waals surface area contributed by atoms with Crippen molar-refractivity contribution in [2.45, 2.75) is 32.6 Å². The minimum atomic E-state index is -1.05. The first-order valence-electron chi connectivity index (χ1n) is 8.39. The summed E-state index contributed by atoms with van der Waals surface area (Å²) < 4.78 is 0. The number of aryl methyl sites for hydroxylation is 3. The summed E-state index contributed by atoms with van der Waals surface area (Å²) in [7, 11) is 0. The molecular formula is C21H19NO2. The Kier molecular flexibility index (Phi) is 3.57. The third-order valence-electron chi connectivity index (χ3n) is 5.05. The van der Waals surface area contributed by atoms with Crippen molar-refractivity contribution in [2.75, 3.05) is 0 Å². The molecule has 3 heteroatoms. The molecule has 3 aromatic rings. The number of pyridine rings is 1. The minimum absolute atomic E-state index is 0.0837. The number of hydrogen-bond donors (Lipinski definition) is 0. The number of carbonyl (C=O) groups is 1. The van der Waals surface area contributed by atoms with Gasteiger partial charge in [0.15, 0.2) is 0 Å². The molecule has 1 aliphatic rings. The fourth-order valence-electron chi connectivity index (χ4n) is 3.82. The van der Waals surface area contributed by atoms with Crippen LogP contribution in [0.3, 0.4) is 0 Å². The van der Waals surface area contributed by atoms with E-state index < -0.39 is 5.97 Å². The Bertz CT molecular complexity index is 959. The molecule has 1 N–H and O–H groups in total. The van der Waals surface area contributed by atoms with E-state index in [4.69, 9.17) is 0 Å². The van der Waals surface area contributed by atoms with E-state index in [0.717, 1.165) is 46.1 Å². The summed E-state index contributed by atoms with van der Waals surface area (Å²) in [6.45, 7) is 1.99. The van der Waals surface area contributed by atoms with Gasteiger partial charge in [0.25, 0.3) is 0 Å². The molecule has 2 aromatic carbocycles. The van der Waals surface area contributed by atoms with Crippen molar-refractivity contribution in [1.82, 2.24) is 0 Å². The topological polar surface area (TPSA) is 54.3 Å². The number of fused-ring (bicyclic) bond motifs is 2. The Morgan fingerprint density at radius 1 is 1.12 bits per heavy atom. The van der Waals surface area contributed by atoms with Gasteiger partial charge in [0.1, 0.15) is 0 Å². The van der Waals surface area contributed by atoms with E-state index in [1.807, 2.05) is 31.2 Å². The zero-order chi connectivity index (χ0) is 16.7.